The molecule has 5 nitrogen and oxygen atoms in total. The number of sulfonamides is 1. The Labute approximate surface area is 112 Å². The summed E-state index contributed by atoms with van der Waals surface area (Å²) in [5, 5.41) is 0. The number of benzene rings is 1. The van der Waals surface area contributed by atoms with Crippen molar-refractivity contribution >= 4 is 15.7 Å². The molecule has 1 aromatic heterocycles. The summed E-state index contributed by atoms with van der Waals surface area (Å²) in [6.07, 6.45) is 3.79. The van der Waals surface area contributed by atoms with Crippen molar-refractivity contribution < 1.29 is 8.42 Å². The van der Waals surface area contributed by atoms with Gasteiger partial charge in [0.25, 0.3) is 10.0 Å². The Morgan fingerprint density at radius 3 is 2.79 bits per heavy atom. The van der Waals surface area contributed by atoms with Gasteiger partial charge in [-0.05, 0) is 24.1 Å². The zero-order valence-corrected chi connectivity index (χ0v) is 11.1. The van der Waals surface area contributed by atoms with E-state index in [2.05, 4.69) is 4.98 Å². The number of nitrogens with zero attached hydrogens (tertiary/aromatic N) is 1. The molecule has 1 aliphatic heterocycles. The monoisotopic (exact) mass is 277 g/mol. The van der Waals surface area contributed by atoms with Gasteiger partial charge < -0.3 is 10.7 Å². The quantitative estimate of drug-likeness (QED) is 0.862. The lowest BCUT2D eigenvalue weighted by Crippen LogP contribution is -2.46. The lowest BCUT2D eigenvalue weighted by Gasteiger charge is -2.33. The molecule has 3 rings (SSSR count). The summed E-state index contributed by atoms with van der Waals surface area (Å²) < 4.78 is 26.6. The van der Waals surface area contributed by atoms with Crippen molar-refractivity contribution in [1.29, 1.82) is 0 Å². The van der Waals surface area contributed by atoms with E-state index in [-0.39, 0.29) is 10.9 Å². The maximum absolute atomic E-state index is 12.6. The van der Waals surface area contributed by atoms with Crippen molar-refractivity contribution in [2.45, 2.75) is 17.4 Å². The average molecular weight is 277 g/mol. The summed E-state index contributed by atoms with van der Waals surface area (Å²) in [7, 11) is -3.54. The van der Waals surface area contributed by atoms with E-state index in [0.717, 1.165) is 11.3 Å². The number of para-hydroxylation sites is 1. The predicted molar refractivity (Wildman–Crippen MR) is 73.4 cm³/mol. The molecule has 0 spiro atoms. The molecule has 0 fully saturated rings. The highest BCUT2D eigenvalue weighted by Crippen LogP contribution is 2.31. The zero-order chi connectivity index (χ0) is 13.5. The van der Waals surface area contributed by atoms with Crippen molar-refractivity contribution in [3.63, 3.8) is 0 Å². The van der Waals surface area contributed by atoms with Crippen LogP contribution in [0, 0.1) is 0 Å². The van der Waals surface area contributed by atoms with Gasteiger partial charge >= 0.3 is 0 Å². The number of H-pyrrole nitrogens is 1. The van der Waals surface area contributed by atoms with E-state index in [9.17, 15) is 8.42 Å². The number of hydrogen-bond acceptors (Lipinski definition) is 3. The first-order valence-electron chi connectivity index (χ1n) is 6.08. The number of hydrogen-bond donors (Lipinski definition) is 2. The van der Waals surface area contributed by atoms with Crippen LogP contribution in [-0.4, -0.2) is 26.0 Å². The van der Waals surface area contributed by atoms with Gasteiger partial charge in [-0.15, -0.1) is 0 Å². The van der Waals surface area contributed by atoms with Gasteiger partial charge in [0.1, 0.15) is 4.90 Å². The minimum absolute atomic E-state index is 0.177. The SMILES string of the molecule is NC1Cc2ccccc2N(S(=O)(=O)c2cc[nH]c2)C1. The molecule has 1 aliphatic rings. The summed E-state index contributed by atoms with van der Waals surface area (Å²) >= 11 is 0. The van der Waals surface area contributed by atoms with E-state index < -0.39 is 10.0 Å². The molecule has 1 atom stereocenters. The second kappa shape index (κ2) is 4.40. The molecular formula is C13H15N3O2S. The molecule has 6 heteroatoms. The molecule has 3 N–H and O–H groups in total. The van der Waals surface area contributed by atoms with E-state index in [1.54, 1.807) is 12.3 Å². The van der Waals surface area contributed by atoms with Gasteiger partial charge in [-0.3, -0.25) is 4.31 Å². The second-order valence-electron chi connectivity index (χ2n) is 4.68. The summed E-state index contributed by atoms with van der Waals surface area (Å²) in [5.74, 6) is 0. The molecule has 19 heavy (non-hydrogen) atoms. The maximum Gasteiger partial charge on any atom is 0.265 e. The van der Waals surface area contributed by atoms with Gasteiger partial charge in [0, 0.05) is 25.0 Å². The number of fused-ring (bicyclic) bond motifs is 1. The van der Waals surface area contributed by atoms with Crippen molar-refractivity contribution in [1.82, 2.24) is 4.98 Å². The third-order valence-corrected chi connectivity index (χ3v) is 5.08. The summed E-state index contributed by atoms with van der Waals surface area (Å²) in [6.45, 7) is 0.310. The molecule has 100 valence electrons. The topological polar surface area (TPSA) is 79.2 Å². The Kier molecular flexibility index (Phi) is 2.83. The Morgan fingerprint density at radius 2 is 2.05 bits per heavy atom. The normalized spacial score (nSPS) is 19.2. The average Bonchev–Trinajstić information content (AvgIpc) is 2.92. The Morgan fingerprint density at radius 1 is 1.26 bits per heavy atom. The minimum Gasteiger partial charge on any atom is -0.366 e. The van der Waals surface area contributed by atoms with Gasteiger partial charge in [0.15, 0.2) is 0 Å². The van der Waals surface area contributed by atoms with Crippen molar-refractivity contribution in [3.8, 4) is 0 Å². The van der Waals surface area contributed by atoms with Crippen LogP contribution < -0.4 is 10.0 Å². The Balaban J connectivity index is 2.11. The van der Waals surface area contributed by atoms with Crippen molar-refractivity contribution in [2.24, 2.45) is 5.73 Å². The lowest BCUT2D eigenvalue weighted by atomic mass is 10.0. The van der Waals surface area contributed by atoms with Crippen LogP contribution in [0.3, 0.4) is 0 Å². The van der Waals surface area contributed by atoms with Crippen LogP contribution in [0.4, 0.5) is 5.69 Å². The standard InChI is InChI=1S/C13H15N3O2S/c14-11-7-10-3-1-2-4-13(10)16(9-11)19(17,18)12-5-6-15-8-12/h1-6,8,11,15H,7,9,14H2. The summed E-state index contributed by atoms with van der Waals surface area (Å²) in [5.41, 5.74) is 7.68. The van der Waals surface area contributed by atoms with Gasteiger partial charge in [-0.25, -0.2) is 8.42 Å². The number of anilines is 1. The summed E-state index contributed by atoms with van der Waals surface area (Å²) in [4.78, 5) is 3.03. The van der Waals surface area contributed by atoms with E-state index in [0.29, 0.717) is 13.0 Å². The second-order valence-corrected chi connectivity index (χ2v) is 6.54. The third kappa shape index (κ3) is 2.02. The third-order valence-electron chi connectivity index (χ3n) is 3.30. The largest absolute Gasteiger partial charge is 0.366 e. The number of nitrogens with two attached hydrogens (primary N) is 1. The number of rotatable bonds is 2. The van der Waals surface area contributed by atoms with Crippen molar-refractivity contribution in [2.75, 3.05) is 10.8 Å². The van der Waals surface area contributed by atoms with Crippen LogP contribution in [0.5, 0.6) is 0 Å². The smallest absolute Gasteiger partial charge is 0.265 e. The Hall–Kier alpha value is -1.79. The number of nitrogens with one attached hydrogen (secondary N) is 1. The predicted octanol–water partition coefficient (Wildman–Crippen LogP) is 1.09. The van der Waals surface area contributed by atoms with Crippen molar-refractivity contribution in [3.05, 3.63) is 48.3 Å². The highest BCUT2D eigenvalue weighted by atomic mass is 32.2. The van der Waals surface area contributed by atoms with Crippen LogP contribution in [0.1, 0.15) is 5.56 Å². The van der Waals surface area contributed by atoms with E-state index in [1.807, 2.05) is 24.3 Å². The molecule has 0 aliphatic carbocycles. The molecule has 1 unspecified atom stereocenters. The fourth-order valence-electron chi connectivity index (χ4n) is 2.41. The first-order chi connectivity index (χ1) is 9.09. The van der Waals surface area contributed by atoms with Crippen LogP contribution in [0.15, 0.2) is 47.6 Å². The van der Waals surface area contributed by atoms with Crippen LogP contribution >= 0.6 is 0 Å². The minimum atomic E-state index is -3.54. The molecule has 0 bridgehead atoms. The molecule has 0 saturated heterocycles. The van der Waals surface area contributed by atoms with Crippen LogP contribution in [0.25, 0.3) is 0 Å². The molecule has 0 saturated carbocycles. The molecular weight excluding hydrogens is 262 g/mol. The van der Waals surface area contributed by atoms with Gasteiger partial charge in [0.05, 0.1) is 5.69 Å². The number of aromatic amines is 1. The summed E-state index contributed by atoms with van der Waals surface area (Å²) in [6, 6.07) is 8.87. The van der Waals surface area contributed by atoms with Gasteiger partial charge in [-0.1, -0.05) is 18.2 Å². The molecule has 0 amide bonds. The van der Waals surface area contributed by atoms with E-state index >= 15 is 0 Å². The molecule has 2 heterocycles. The zero-order valence-electron chi connectivity index (χ0n) is 10.3. The first-order valence-corrected chi connectivity index (χ1v) is 7.52. The molecule has 1 aromatic carbocycles. The highest BCUT2D eigenvalue weighted by Gasteiger charge is 2.31. The lowest BCUT2D eigenvalue weighted by molar-refractivity contribution is 0.575. The fraction of sp³-hybridized carbons (Fsp3) is 0.231. The highest BCUT2D eigenvalue weighted by molar-refractivity contribution is 7.92. The van der Waals surface area contributed by atoms with Gasteiger partial charge in [0.2, 0.25) is 0 Å². The fourth-order valence-corrected chi connectivity index (χ4v) is 3.95. The van der Waals surface area contributed by atoms with Crippen LogP contribution in [0.2, 0.25) is 0 Å². The van der Waals surface area contributed by atoms with Gasteiger partial charge in [-0.2, -0.15) is 0 Å². The molecule has 2 aromatic rings. The number of aromatic nitrogens is 1. The maximum atomic E-state index is 12.6. The Bertz CT molecular complexity index is 680. The molecule has 0 radical (unpaired) electrons. The van der Waals surface area contributed by atoms with Crippen LogP contribution in [-0.2, 0) is 16.4 Å². The van der Waals surface area contributed by atoms with E-state index in [4.69, 9.17) is 5.73 Å². The first kappa shape index (κ1) is 12.3. The van der Waals surface area contributed by atoms with E-state index in [1.165, 1.54) is 10.5 Å².